The fraction of sp³-hybridized carbons (Fsp3) is 0.333. The number of halogens is 1. The van der Waals surface area contributed by atoms with Gasteiger partial charge in [0.15, 0.2) is 0 Å². The van der Waals surface area contributed by atoms with E-state index < -0.39 is 0 Å². The fourth-order valence-electron chi connectivity index (χ4n) is 4.16. The van der Waals surface area contributed by atoms with Crippen molar-refractivity contribution in [3.8, 4) is 0 Å². The molecule has 1 aliphatic heterocycles. The first-order valence-electron chi connectivity index (χ1n) is 10.4. The van der Waals surface area contributed by atoms with E-state index in [1.165, 1.54) is 6.07 Å². The largest absolute Gasteiger partial charge is 0.352 e. The monoisotopic (exact) mass is 407 g/mol. The van der Waals surface area contributed by atoms with Gasteiger partial charge in [-0.15, -0.1) is 0 Å². The van der Waals surface area contributed by atoms with Crippen molar-refractivity contribution in [2.24, 2.45) is 11.8 Å². The molecule has 1 fully saturated rings. The Labute approximate surface area is 175 Å². The third-order valence-electron chi connectivity index (χ3n) is 6.12. The van der Waals surface area contributed by atoms with Gasteiger partial charge < -0.3 is 15.2 Å². The summed E-state index contributed by atoms with van der Waals surface area (Å²) in [4.78, 5) is 30.4. The number of carbonyl (C=O) groups is 2. The SMILES string of the molecule is CC(C(=O)NCc1ccccc1F)C1CCN(C(=O)c2cc3ccccc3[nH]2)CC1. The number of carbonyl (C=O) groups excluding carboxylic acids is 2. The zero-order valence-corrected chi connectivity index (χ0v) is 17.0. The number of hydrogen-bond donors (Lipinski definition) is 2. The summed E-state index contributed by atoms with van der Waals surface area (Å²) in [7, 11) is 0. The van der Waals surface area contributed by atoms with E-state index in [2.05, 4.69) is 10.3 Å². The highest BCUT2D eigenvalue weighted by Crippen LogP contribution is 2.26. The Bertz CT molecular complexity index is 1020. The normalized spacial score (nSPS) is 15.9. The van der Waals surface area contributed by atoms with Gasteiger partial charge in [-0.05, 0) is 37.0 Å². The van der Waals surface area contributed by atoms with Gasteiger partial charge in [-0.25, -0.2) is 4.39 Å². The summed E-state index contributed by atoms with van der Waals surface area (Å²) >= 11 is 0. The molecule has 1 atom stereocenters. The van der Waals surface area contributed by atoms with Gasteiger partial charge in [0, 0.05) is 42.0 Å². The van der Waals surface area contributed by atoms with E-state index in [0.717, 1.165) is 23.7 Å². The molecule has 156 valence electrons. The van der Waals surface area contributed by atoms with Gasteiger partial charge in [-0.1, -0.05) is 43.3 Å². The van der Waals surface area contributed by atoms with E-state index in [-0.39, 0.29) is 36.0 Å². The van der Waals surface area contributed by atoms with Crippen LogP contribution in [0.1, 0.15) is 35.8 Å². The van der Waals surface area contributed by atoms with Gasteiger partial charge in [0.1, 0.15) is 11.5 Å². The Hall–Kier alpha value is -3.15. The average Bonchev–Trinajstić information content (AvgIpc) is 3.22. The van der Waals surface area contributed by atoms with E-state index in [0.29, 0.717) is 24.3 Å². The van der Waals surface area contributed by atoms with Gasteiger partial charge in [-0.3, -0.25) is 9.59 Å². The number of likely N-dealkylation sites (tertiary alicyclic amines) is 1. The fourth-order valence-corrected chi connectivity index (χ4v) is 4.16. The molecule has 1 aliphatic rings. The number of H-pyrrole nitrogens is 1. The lowest BCUT2D eigenvalue weighted by Crippen LogP contribution is -2.42. The highest BCUT2D eigenvalue weighted by atomic mass is 19.1. The van der Waals surface area contributed by atoms with Crippen LogP contribution in [0.3, 0.4) is 0 Å². The first kappa shape index (κ1) is 20.1. The molecule has 0 aliphatic carbocycles. The van der Waals surface area contributed by atoms with Crippen molar-refractivity contribution in [3.63, 3.8) is 0 Å². The Kier molecular flexibility index (Phi) is 5.84. The van der Waals surface area contributed by atoms with Crippen LogP contribution in [0.5, 0.6) is 0 Å². The lowest BCUT2D eigenvalue weighted by atomic mass is 9.84. The molecule has 5 nitrogen and oxygen atoms in total. The van der Waals surface area contributed by atoms with E-state index in [9.17, 15) is 14.0 Å². The van der Waals surface area contributed by atoms with Crippen LogP contribution in [0.2, 0.25) is 0 Å². The molecule has 1 unspecified atom stereocenters. The number of nitrogens with zero attached hydrogens (tertiary/aromatic N) is 1. The Morgan fingerprint density at radius 1 is 1.13 bits per heavy atom. The van der Waals surface area contributed by atoms with Crippen molar-refractivity contribution in [2.45, 2.75) is 26.3 Å². The van der Waals surface area contributed by atoms with Crippen molar-refractivity contribution in [2.75, 3.05) is 13.1 Å². The van der Waals surface area contributed by atoms with Crippen LogP contribution in [0, 0.1) is 17.7 Å². The molecule has 4 rings (SSSR count). The van der Waals surface area contributed by atoms with E-state index in [4.69, 9.17) is 0 Å². The number of aromatic nitrogens is 1. The summed E-state index contributed by atoms with van der Waals surface area (Å²) in [6.07, 6.45) is 1.56. The number of fused-ring (bicyclic) bond motifs is 1. The molecule has 6 heteroatoms. The summed E-state index contributed by atoms with van der Waals surface area (Å²) in [5.41, 5.74) is 2.04. The van der Waals surface area contributed by atoms with Gasteiger partial charge >= 0.3 is 0 Å². The van der Waals surface area contributed by atoms with Crippen LogP contribution in [-0.2, 0) is 11.3 Å². The second-order valence-electron chi connectivity index (χ2n) is 8.00. The summed E-state index contributed by atoms with van der Waals surface area (Å²) in [6.45, 7) is 3.36. The number of benzene rings is 2. The third kappa shape index (κ3) is 4.22. The van der Waals surface area contributed by atoms with Gasteiger partial charge in [0.2, 0.25) is 5.91 Å². The van der Waals surface area contributed by atoms with Crippen LogP contribution in [0.15, 0.2) is 54.6 Å². The highest BCUT2D eigenvalue weighted by Gasteiger charge is 2.30. The second-order valence-corrected chi connectivity index (χ2v) is 8.00. The predicted octanol–water partition coefficient (Wildman–Crippen LogP) is 4.11. The minimum atomic E-state index is -0.311. The summed E-state index contributed by atoms with van der Waals surface area (Å²) in [5.74, 6) is -0.353. The van der Waals surface area contributed by atoms with Crippen molar-refractivity contribution >= 4 is 22.7 Å². The topological polar surface area (TPSA) is 65.2 Å². The average molecular weight is 407 g/mol. The Morgan fingerprint density at radius 2 is 1.83 bits per heavy atom. The van der Waals surface area contributed by atoms with Crippen LogP contribution in [0.4, 0.5) is 4.39 Å². The molecule has 0 bridgehead atoms. The van der Waals surface area contributed by atoms with Crippen LogP contribution in [0.25, 0.3) is 10.9 Å². The Morgan fingerprint density at radius 3 is 2.57 bits per heavy atom. The maximum absolute atomic E-state index is 13.7. The molecule has 3 aromatic rings. The van der Waals surface area contributed by atoms with Crippen molar-refractivity contribution in [1.29, 1.82) is 0 Å². The summed E-state index contributed by atoms with van der Waals surface area (Å²) in [5, 5.41) is 3.87. The molecule has 0 spiro atoms. The third-order valence-corrected chi connectivity index (χ3v) is 6.12. The maximum Gasteiger partial charge on any atom is 0.270 e. The maximum atomic E-state index is 13.7. The summed E-state index contributed by atoms with van der Waals surface area (Å²) < 4.78 is 13.7. The molecule has 0 saturated carbocycles. The van der Waals surface area contributed by atoms with Crippen LogP contribution in [-0.4, -0.2) is 34.8 Å². The first-order valence-corrected chi connectivity index (χ1v) is 10.4. The van der Waals surface area contributed by atoms with Crippen molar-refractivity contribution in [1.82, 2.24) is 15.2 Å². The number of aromatic amines is 1. The number of amides is 2. The quantitative estimate of drug-likeness (QED) is 0.668. The molecular formula is C24H26FN3O2. The van der Waals surface area contributed by atoms with Gasteiger partial charge in [0.05, 0.1) is 0 Å². The smallest absolute Gasteiger partial charge is 0.270 e. The van der Waals surface area contributed by atoms with E-state index in [1.54, 1.807) is 18.2 Å². The standard InChI is InChI=1S/C24H26FN3O2/c1-16(23(29)26-15-19-7-2-4-8-20(19)25)17-10-12-28(13-11-17)24(30)22-14-18-6-3-5-9-21(18)27-22/h2-9,14,16-17,27H,10-13,15H2,1H3,(H,26,29). The number of piperidine rings is 1. The van der Waals surface area contributed by atoms with Gasteiger partial charge in [-0.2, -0.15) is 0 Å². The second kappa shape index (κ2) is 8.69. The molecule has 1 aromatic heterocycles. The van der Waals surface area contributed by atoms with Gasteiger partial charge in [0.25, 0.3) is 5.91 Å². The molecule has 2 aromatic carbocycles. The number of para-hydroxylation sites is 1. The predicted molar refractivity (Wildman–Crippen MR) is 114 cm³/mol. The molecular weight excluding hydrogens is 381 g/mol. The molecule has 1 saturated heterocycles. The molecule has 2 N–H and O–H groups in total. The molecule has 30 heavy (non-hydrogen) atoms. The molecule has 0 radical (unpaired) electrons. The number of nitrogens with one attached hydrogen (secondary N) is 2. The highest BCUT2D eigenvalue weighted by molar-refractivity contribution is 5.98. The number of hydrogen-bond acceptors (Lipinski definition) is 2. The number of rotatable bonds is 5. The van der Waals surface area contributed by atoms with Crippen molar-refractivity contribution in [3.05, 3.63) is 71.7 Å². The van der Waals surface area contributed by atoms with Crippen molar-refractivity contribution < 1.29 is 14.0 Å². The molecule has 2 heterocycles. The zero-order chi connectivity index (χ0) is 21.1. The molecule has 2 amide bonds. The minimum Gasteiger partial charge on any atom is -0.352 e. The van der Waals surface area contributed by atoms with Crippen LogP contribution >= 0.6 is 0 Å². The van der Waals surface area contributed by atoms with Crippen LogP contribution < -0.4 is 5.32 Å². The van der Waals surface area contributed by atoms with E-state index in [1.807, 2.05) is 42.2 Å². The van der Waals surface area contributed by atoms with E-state index >= 15 is 0 Å². The lowest BCUT2D eigenvalue weighted by molar-refractivity contribution is -0.126. The first-order chi connectivity index (χ1) is 14.5. The minimum absolute atomic E-state index is 0.00121. The summed E-state index contributed by atoms with van der Waals surface area (Å²) in [6, 6.07) is 16.2. The zero-order valence-electron chi connectivity index (χ0n) is 17.0. The Balaban J connectivity index is 1.30. The lowest BCUT2D eigenvalue weighted by Gasteiger charge is -2.34.